The van der Waals surface area contributed by atoms with E-state index in [0.29, 0.717) is 24.3 Å². The minimum Gasteiger partial charge on any atom is -0.207 e. The zero-order valence-corrected chi connectivity index (χ0v) is 13.5. The summed E-state index contributed by atoms with van der Waals surface area (Å²) in [6.07, 6.45) is -4.66. The van der Waals surface area contributed by atoms with Gasteiger partial charge in [-0.05, 0) is 48.5 Å². The Balaban J connectivity index is 2.51. The van der Waals surface area contributed by atoms with Crippen molar-refractivity contribution in [3.8, 4) is 0 Å². The molecule has 0 unspecified atom stereocenters. The monoisotopic (exact) mass is 384 g/mol. The van der Waals surface area contributed by atoms with E-state index in [-0.39, 0.29) is 5.02 Å². The van der Waals surface area contributed by atoms with Gasteiger partial charge in [0.1, 0.15) is 0 Å². The lowest BCUT2D eigenvalue weighted by atomic mass is 10.2. The molecule has 0 atom stereocenters. The van der Waals surface area contributed by atoms with Gasteiger partial charge >= 0.3 is 6.18 Å². The summed E-state index contributed by atoms with van der Waals surface area (Å²) in [6, 6.07) is 6.60. The molecule has 0 spiro atoms. The zero-order valence-electron chi connectivity index (χ0n) is 11.1. The molecule has 0 radical (unpaired) electrons. The van der Waals surface area contributed by atoms with Gasteiger partial charge in [0.2, 0.25) is 0 Å². The van der Waals surface area contributed by atoms with Crippen molar-refractivity contribution in [2.24, 2.45) is 0 Å². The number of hydrogen-bond acceptors (Lipinski definition) is 4. The van der Waals surface area contributed by atoms with E-state index < -0.39 is 39.3 Å². The highest BCUT2D eigenvalue weighted by Crippen LogP contribution is 2.31. The summed E-state index contributed by atoms with van der Waals surface area (Å²) in [6.45, 7) is 0. The zero-order chi connectivity index (χ0) is 17.5. The molecule has 2 aromatic carbocycles. The van der Waals surface area contributed by atoms with Crippen LogP contribution in [0.2, 0.25) is 5.02 Å². The molecule has 0 aliphatic carbocycles. The van der Waals surface area contributed by atoms with E-state index in [1.54, 1.807) is 0 Å². The van der Waals surface area contributed by atoms with Crippen LogP contribution in [0, 0.1) is 0 Å². The van der Waals surface area contributed by atoms with Crippen molar-refractivity contribution in [2.75, 3.05) is 0 Å². The lowest BCUT2D eigenvalue weighted by Crippen LogP contribution is -2.16. The first kappa shape index (κ1) is 17.8. The van der Waals surface area contributed by atoms with E-state index in [4.69, 9.17) is 11.6 Å². The number of alkyl halides is 3. The number of halogens is 4. The molecule has 10 heteroatoms. The van der Waals surface area contributed by atoms with Crippen molar-refractivity contribution >= 4 is 29.3 Å². The van der Waals surface area contributed by atoms with Crippen LogP contribution in [0.25, 0.3) is 0 Å². The second-order valence-electron chi connectivity index (χ2n) is 4.38. The summed E-state index contributed by atoms with van der Waals surface area (Å²) in [5.74, 6) is 0. The third-order valence-corrected chi connectivity index (χ3v) is 8.28. The minimum absolute atomic E-state index is 0.205. The van der Waals surface area contributed by atoms with E-state index in [1.807, 2.05) is 0 Å². The highest BCUT2D eigenvalue weighted by atomic mass is 35.5. The van der Waals surface area contributed by atoms with E-state index in [9.17, 15) is 30.0 Å². The van der Waals surface area contributed by atoms with Gasteiger partial charge in [0.15, 0.2) is 0 Å². The molecule has 0 amide bonds. The standard InChI is InChI=1S/C13H8ClF3O4S2/c14-10-3-7-12(8-4-10)23(20,21)22(18,19)11-5-1-9(2-6-11)13(15,16)17/h1-8H. The van der Waals surface area contributed by atoms with Crippen molar-refractivity contribution in [3.05, 3.63) is 59.1 Å². The maximum atomic E-state index is 12.5. The molecule has 124 valence electrons. The van der Waals surface area contributed by atoms with E-state index in [1.165, 1.54) is 12.1 Å². The maximum absolute atomic E-state index is 12.5. The first-order valence-corrected chi connectivity index (χ1v) is 9.75. The summed E-state index contributed by atoms with van der Waals surface area (Å²) in [4.78, 5) is -1.28. The highest BCUT2D eigenvalue weighted by Gasteiger charge is 2.35. The van der Waals surface area contributed by atoms with Gasteiger partial charge in [-0.25, -0.2) is 16.8 Å². The molecule has 2 rings (SSSR count). The Bertz CT molecular complexity index is 917. The Morgan fingerprint density at radius 2 is 1.04 bits per heavy atom. The molecule has 0 heterocycles. The molecular weight excluding hydrogens is 377 g/mol. The molecule has 0 N–H and O–H groups in total. The van der Waals surface area contributed by atoms with Crippen molar-refractivity contribution in [1.29, 1.82) is 0 Å². The summed E-state index contributed by atoms with van der Waals surface area (Å²) in [7, 11) is -9.73. The molecule has 0 aliphatic rings. The molecule has 23 heavy (non-hydrogen) atoms. The fraction of sp³-hybridized carbons (Fsp3) is 0.0769. The Kier molecular flexibility index (Phi) is 4.49. The SMILES string of the molecule is O=S(=O)(c1ccc(Cl)cc1)S(=O)(=O)c1ccc(C(F)(F)F)cc1. The summed E-state index contributed by atoms with van der Waals surface area (Å²) < 4.78 is 86.2. The lowest BCUT2D eigenvalue weighted by Gasteiger charge is -2.09. The largest absolute Gasteiger partial charge is 0.416 e. The number of rotatable bonds is 3. The van der Waals surface area contributed by atoms with Gasteiger partial charge in [-0.15, -0.1) is 0 Å². The Hall–Kier alpha value is -1.58. The summed E-state index contributed by atoms with van der Waals surface area (Å²) in [5.41, 5.74) is -1.08. The van der Waals surface area contributed by atoms with E-state index in [0.717, 1.165) is 12.1 Å². The fourth-order valence-corrected chi connectivity index (χ4v) is 5.42. The molecule has 4 nitrogen and oxygen atoms in total. The molecule has 0 saturated heterocycles. The normalized spacial score (nSPS) is 13.0. The Labute approximate surface area is 134 Å². The third kappa shape index (κ3) is 3.36. The Morgan fingerprint density at radius 3 is 1.39 bits per heavy atom. The first-order chi connectivity index (χ1) is 10.5. The first-order valence-electron chi connectivity index (χ1n) is 5.89. The molecule has 0 aromatic heterocycles. The van der Waals surface area contributed by atoms with Gasteiger partial charge in [0.25, 0.3) is 17.7 Å². The predicted octanol–water partition coefficient (Wildman–Crippen LogP) is 3.52. The molecule has 2 aromatic rings. The van der Waals surface area contributed by atoms with Crippen LogP contribution < -0.4 is 0 Å². The van der Waals surface area contributed by atoms with Crippen molar-refractivity contribution in [2.45, 2.75) is 16.0 Å². The van der Waals surface area contributed by atoms with Gasteiger partial charge in [0.05, 0.1) is 15.4 Å². The number of benzene rings is 2. The van der Waals surface area contributed by atoms with Crippen LogP contribution >= 0.6 is 11.6 Å². The summed E-state index contributed by atoms with van der Waals surface area (Å²) >= 11 is 5.60. The van der Waals surface area contributed by atoms with Crippen LogP contribution in [-0.4, -0.2) is 16.8 Å². The molecular formula is C13H8ClF3O4S2. The Morgan fingerprint density at radius 1 is 0.696 bits per heavy atom. The second kappa shape index (κ2) is 5.81. The van der Waals surface area contributed by atoms with Gasteiger partial charge in [0, 0.05) is 5.02 Å². The van der Waals surface area contributed by atoms with Gasteiger partial charge in [-0.2, -0.15) is 13.2 Å². The second-order valence-corrected chi connectivity index (χ2v) is 10.2. The topological polar surface area (TPSA) is 68.3 Å². The third-order valence-electron chi connectivity index (χ3n) is 2.86. The number of hydrogen-bond donors (Lipinski definition) is 0. The lowest BCUT2D eigenvalue weighted by molar-refractivity contribution is -0.137. The van der Waals surface area contributed by atoms with E-state index in [2.05, 4.69) is 0 Å². The summed E-state index contributed by atoms with van der Waals surface area (Å²) in [5, 5.41) is 0.205. The quantitative estimate of drug-likeness (QED) is 0.759. The van der Waals surface area contributed by atoms with Crippen LogP contribution in [0.1, 0.15) is 5.56 Å². The van der Waals surface area contributed by atoms with Gasteiger partial charge < -0.3 is 0 Å². The maximum Gasteiger partial charge on any atom is 0.416 e. The van der Waals surface area contributed by atoms with Crippen LogP contribution in [0.3, 0.4) is 0 Å². The van der Waals surface area contributed by atoms with Crippen LogP contribution in [0.4, 0.5) is 13.2 Å². The molecule has 0 fully saturated rings. The predicted molar refractivity (Wildman–Crippen MR) is 77.3 cm³/mol. The molecule has 0 aliphatic heterocycles. The average Bonchev–Trinajstić information content (AvgIpc) is 2.46. The van der Waals surface area contributed by atoms with E-state index >= 15 is 0 Å². The fourth-order valence-electron chi connectivity index (χ4n) is 1.67. The van der Waals surface area contributed by atoms with Gasteiger partial charge in [-0.3, -0.25) is 0 Å². The highest BCUT2D eigenvalue weighted by molar-refractivity contribution is 8.67. The van der Waals surface area contributed by atoms with Crippen molar-refractivity contribution in [3.63, 3.8) is 0 Å². The van der Waals surface area contributed by atoms with Gasteiger partial charge in [-0.1, -0.05) is 11.6 Å². The van der Waals surface area contributed by atoms with Crippen LogP contribution in [-0.2, 0) is 23.9 Å². The average molecular weight is 385 g/mol. The molecule has 0 saturated carbocycles. The molecule has 0 bridgehead atoms. The van der Waals surface area contributed by atoms with Crippen LogP contribution in [0.15, 0.2) is 58.3 Å². The smallest absolute Gasteiger partial charge is 0.207 e. The van der Waals surface area contributed by atoms with Crippen molar-refractivity contribution in [1.82, 2.24) is 0 Å². The minimum atomic E-state index is -4.90. The van der Waals surface area contributed by atoms with Crippen molar-refractivity contribution < 1.29 is 30.0 Å². The van der Waals surface area contributed by atoms with Crippen LogP contribution in [0.5, 0.6) is 0 Å².